The van der Waals surface area contributed by atoms with Gasteiger partial charge in [-0.05, 0) is 30.7 Å². The zero-order valence-corrected chi connectivity index (χ0v) is 15.2. The van der Waals surface area contributed by atoms with Crippen LogP contribution in [0.5, 0.6) is 0 Å². The Labute approximate surface area is 145 Å². The summed E-state index contributed by atoms with van der Waals surface area (Å²) in [4.78, 5) is 4.60. The van der Waals surface area contributed by atoms with Crippen LogP contribution in [0.4, 0.5) is 0 Å². The highest BCUT2D eigenvalue weighted by Crippen LogP contribution is 2.23. The van der Waals surface area contributed by atoms with E-state index in [0.717, 1.165) is 25.0 Å². The smallest absolute Gasteiger partial charge is 0.196 e. The van der Waals surface area contributed by atoms with Gasteiger partial charge in [0.1, 0.15) is 0 Å². The van der Waals surface area contributed by atoms with Crippen molar-refractivity contribution in [1.82, 2.24) is 9.71 Å². The van der Waals surface area contributed by atoms with Crippen molar-refractivity contribution in [3.05, 3.63) is 47.0 Å². The maximum Gasteiger partial charge on any atom is 0.196 e. The first kappa shape index (κ1) is 16.8. The zero-order valence-electron chi connectivity index (χ0n) is 13.5. The summed E-state index contributed by atoms with van der Waals surface area (Å²) in [5, 5.41) is 2.05. The van der Waals surface area contributed by atoms with E-state index in [0.29, 0.717) is 16.3 Å². The van der Waals surface area contributed by atoms with Gasteiger partial charge in [-0.15, -0.1) is 11.3 Å². The molecular weight excluding hydrogens is 324 g/mol. The Hall–Kier alpha value is -1.04. The van der Waals surface area contributed by atoms with Crippen LogP contribution in [0.2, 0.25) is 0 Å². The number of nitrogens with one attached hydrogen (secondary N) is 1. The summed E-state index contributed by atoms with van der Waals surface area (Å²) in [7, 11) is -1.16. The highest BCUT2D eigenvalue weighted by Gasteiger charge is 2.18. The lowest BCUT2D eigenvalue weighted by Crippen LogP contribution is -2.32. The second-order valence-electron chi connectivity index (χ2n) is 6.34. The molecule has 5 heteroatoms. The van der Waals surface area contributed by atoms with Gasteiger partial charge in [-0.3, -0.25) is 0 Å². The third-order valence-corrected chi connectivity index (χ3v) is 6.83. The van der Waals surface area contributed by atoms with E-state index in [-0.39, 0.29) is 0 Å². The van der Waals surface area contributed by atoms with E-state index in [9.17, 15) is 4.21 Å². The third-order valence-electron chi connectivity index (χ3n) is 4.45. The van der Waals surface area contributed by atoms with Gasteiger partial charge >= 0.3 is 0 Å². The Morgan fingerprint density at radius 2 is 2.00 bits per heavy atom. The van der Waals surface area contributed by atoms with Gasteiger partial charge in [0.05, 0.1) is 5.69 Å². The summed E-state index contributed by atoms with van der Waals surface area (Å²) in [5.41, 5.74) is 2.36. The van der Waals surface area contributed by atoms with Crippen LogP contribution in [0.3, 0.4) is 0 Å². The quantitative estimate of drug-likeness (QED) is 0.839. The number of benzene rings is 1. The topological polar surface area (TPSA) is 42.0 Å². The highest BCUT2D eigenvalue weighted by atomic mass is 32.2. The average molecular weight is 349 g/mol. The summed E-state index contributed by atoms with van der Waals surface area (Å²) in [6, 6.07) is 10.9. The Kier molecular flexibility index (Phi) is 5.97. The summed E-state index contributed by atoms with van der Waals surface area (Å²) in [5.74, 6) is 0.422. The molecule has 2 atom stereocenters. The molecule has 1 aromatic carbocycles. The lowest BCUT2D eigenvalue weighted by atomic mass is 9.96. The minimum Gasteiger partial charge on any atom is -0.235 e. The van der Waals surface area contributed by atoms with Gasteiger partial charge in [-0.2, -0.15) is 0 Å². The number of aromatic nitrogens is 1. The van der Waals surface area contributed by atoms with Crippen LogP contribution in [0.15, 0.2) is 40.1 Å². The predicted octanol–water partition coefficient (Wildman–Crippen LogP) is 4.43. The number of rotatable bonds is 6. The van der Waals surface area contributed by atoms with Gasteiger partial charge in [0.2, 0.25) is 0 Å². The molecule has 0 aliphatic heterocycles. The van der Waals surface area contributed by atoms with Gasteiger partial charge < -0.3 is 0 Å². The number of hydrogen-bond donors (Lipinski definition) is 1. The Morgan fingerprint density at radius 1 is 1.26 bits per heavy atom. The number of thiazole rings is 1. The van der Waals surface area contributed by atoms with Crippen molar-refractivity contribution in [1.29, 1.82) is 0 Å². The molecule has 23 heavy (non-hydrogen) atoms. The largest absolute Gasteiger partial charge is 0.235 e. The molecule has 2 unspecified atom stereocenters. The summed E-state index contributed by atoms with van der Waals surface area (Å²) in [6.07, 6.45) is 6.95. The molecule has 3 nitrogen and oxygen atoms in total. The van der Waals surface area contributed by atoms with E-state index < -0.39 is 11.0 Å². The molecule has 0 amide bonds. The monoisotopic (exact) mass is 348 g/mol. The van der Waals surface area contributed by atoms with Crippen LogP contribution in [0.1, 0.15) is 56.2 Å². The van der Waals surface area contributed by atoms with Crippen molar-refractivity contribution < 1.29 is 4.21 Å². The number of hydrogen-bond acceptors (Lipinski definition) is 3. The Bertz CT molecular complexity index is 635. The summed E-state index contributed by atoms with van der Waals surface area (Å²) >= 11 is 1.51. The first-order valence-electron chi connectivity index (χ1n) is 8.39. The van der Waals surface area contributed by atoms with Gasteiger partial charge in [0.25, 0.3) is 0 Å². The molecule has 1 fully saturated rings. The van der Waals surface area contributed by atoms with Crippen LogP contribution < -0.4 is 4.72 Å². The van der Waals surface area contributed by atoms with Gasteiger partial charge in [0, 0.05) is 11.4 Å². The minimum atomic E-state index is -1.16. The zero-order chi connectivity index (χ0) is 16.1. The Morgan fingerprint density at radius 3 is 2.74 bits per heavy atom. The van der Waals surface area contributed by atoms with Crippen LogP contribution >= 0.6 is 11.3 Å². The van der Waals surface area contributed by atoms with Crippen LogP contribution in [-0.2, 0) is 17.4 Å². The Balaban J connectivity index is 1.58. The van der Waals surface area contributed by atoms with Crippen molar-refractivity contribution in [2.24, 2.45) is 0 Å². The molecule has 1 saturated carbocycles. The molecule has 0 radical (unpaired) electrons. The average Bonchev–Trinajstić information content (AvgIpc) is 3.05. The van der Waals surface area contributed by atoms with Crippen LogP contribution in [-0.4, -0.2) is 15.2 Å². The molecule has 1 aliphatic rings. The van der Waals surface area contributed by atoms with E-state index in [4.69, 9.17) is 0 Å². The van der Waals surface area contributed by atoms with E-state index in [1.165, 1.54) is 36.2 Å². The van der Waals surface area contributed by atoms with Crippen molar-refractivity contribution >= 4 is 22.3 Å². The van der Waals surface area contributed by atoms with Gasteiger partial charge in [0.15, 0.2) is 15.3 Å². The van der Waals surface area contributed by atoms with Crippen molar-refractivity contribution in [3.8, 4) is 0 Å². The fraction of sp³-hybridized carbons (Fsp3) is 0.500. The highest BCUT2D eigenvalue weighted by molar-refractivity contribution is 7.85. The molecule has 0 bridgehead atoms. The van der Waals surface area contributed by atoms with Crippen LogP contribution in [0.25, 0.3) is 0 Å². The molecular formula is C18H24N2OS2. The third kappa shape index (κ3) is 4.72. The lowest BCUT2D eigenvalue weighted by molar-refractivity contribution is 0.419. The van der Waals surface area contributed by atoms with Crippen molar-refractivity contribution in [3.63, 3.8) is 0 Å². The SMILES string of the molecule is CC(Cc1csc(S(=O)NC2CCCCC2)n1)c1ccccc1. The number of nitrogens with zero attached hydrogens (tertiary/aromatic N) is 1. The predicted molar refractivity (Wildman–Crippen MR) is 97.1 cm³/mol. The maximum atomic E-state index is 12.4. The summed E-state index contributed by atoms with van der Waals surface area (Å²) in [6.45, 7) is 2.21. The fourth-order valence-electron chi connectivity index (χ4n) is 3.10. The second-order valence-corrected chi connectivity index (χ2v) is 8.62. The van der Waals surface area contributed by atoms with E-state index in [1.807, 2.05) is 6.07 Å². The molecule has 1 aliphatic carbocycles. The molecule has 0 spiro atoms. The first-order valence-corrected chi connectivity index (χ1v) is 10.4. The standard InChI is InChI=1S/C18H24N2OS2/c1-14(15-8-4-2-5-9-15)12-17-13-22-18(19-17)23(21)20-16-10-6-3-7-11-16/h2,4-5,8-9,13-14,16,20H,3,6-7,10-12H2,1H3. The molecule has 1 heterocycles. The molecule has 124 valence electrons. The molecule has 1 aromatic heterocycles. The lowest BCUT2D eigenvalue weighted by Gasteiger charge is -2.21. The normalized spacial score (nSPS) is 18.7. The van der Waals surface area contributed by atoms with Crippen LogP contribution in [0, 0.1) is 0 Å². The minimum absolute atomic E-state index is 0.389. The summed E-state index contributed by atoms with van der Waals surface area (Å²) < 4.78 is 16.4. The van der Waals surface area contributed by atoms with E-state index >= 15 is 0 Å². The van der Waals surface area contributed by atoms with Crippen molar-refractivity contribution in [2.45, 2.75) is 61.7 Å². The van der Waals surface area contributed by atoms with E-state index in [2.05, 4.69) is 46.3 Å². The first-order chi connectivity index (χ1) is 11.2. The molecule has 3 rings (SSSR count). The maximum absolute atomic E-state index is 12.4. The molecule has 0 saturated heterocycles. The van der Waals surface area contributed by atoms with Gasteiger partial charge in [-0.1, -0.05) is 56.5 Å². The van der Waals surface area contributed by atoms with Gasteiger partial charge in [-0.25, -0.2) is 13.9 Å². The molecule has 1 N–H and O–H groups in total. The molecule has 2 aromatic rings. The van der Waals surface area contributed by atoms with Crippen molar-refractivity contribution in [2.75, 3.05) is 0 Å². The second kappa shape index (κ2) is 8.18. The fourth-order valence-corrected chi connectivity index (χ4v) is 5.14. The van der Waals surface area contributed by atoms with E-state index in [1.54, 1.807) is 0 Å².